The van der Waals surface area contributed by atoms with Crippen LogP contribution in [0.3, 0.4) is 0 Å². The normalized spacial score (nSPS) is 12.8. The third-order valence-corrected chi connectivity index (χ3v) is 4.87. The number of pyridine rings is 1. The summed E-state index contributed by atoms with van der Waals surface area (Å²) in [5.41, 5.74) is 4.39. The molecule has 1 aliphatic rings. The summed E-state index contributed by atoms with van der Waals surface area (Å²) in [5.74, 6) is 0.619. The second-order valence-corrected chi connectivity index (χ2v) is 6.60. The average Bonchev–Trinajstić information content (AvgIpc) is 3.12. The molecule has 0 spiro atoms. The summed E-state index contributed by atoms with van der Waals surface area (Å²) < 4.78 is 5.19. The first kappa shape index (κ1) is 16.4. The zero-order valence-electron chi connectivity index (χ0n) is 14.6. The smallest absolute Gasteiger partial charge is 0.251 e. The van der Waals surface area contributed by atoms with E-state index in [1.54, 1.807) is 7.11 Å². The zero-order chi connectivity index (χ0) is 18.1. The van der Waals surface area contributed by atoms with Crippen LogP contribution < -0.4 is 15.6 Å². The van der Waals surface area contributed by atoms with Crippen LogP contribution in [0.1, 0.15) is 23.1 Å². The Hall–Kier alpha value is -3.08. The number of H-pyrrole nitrogens is 1. The lowest BCUT2D eigenvalue weighted by Crippen LogP contribution is -2.15. The number of ether oxygens (including phenoxy) is 1. The lowest BCUT2D eigenvalue weighted by molar-refractivity contribution is -0.115. The van der Waals surface area contributed by atoms with Gasteiger partial charge in [-0.15, -0.1) is 0 Å². The van der Waals surface area contributed by atoms with Crippen molar-refractivity contribution in [2.24, 2.45) is 0 Å². The van der Waals surface area contributed by atoms with Gasteiger partial charge < -0.3 is 15.0 Å². The maximum absolute atomic E-state index is 12.3. The molecule has 5 nitrogen and oxygen atoms in total. The fourth-order valence-electron chi connectivity index (χ4n) is 3.65. The fraction of sp³-hybridized carbons (Fsp3) is 0.238. The lowest BCUT2D eigenvalue weighted by atomic mass is 10.1. The highest BCUT2D eigenvalue weighted by Crippen LogP contribution is 2.27. The third kappa shape index (κ3) is 3.08. The number of anilines is 1. The van der Waals surface area contributed by atoms with Gasteiger partial charge in [0.05, 0.1) is 19.0 Å². The van der Waals surface area contributed by atoms with Crippen molar-refractivity contribution in [3.63, 3.8) is 0 Å². The van der Waals surface area contributed by atoms with Gasteiger partial charge in [-0.25, -0.2) is 0 Å². The number of aromatic nitrogens is 1. The van der Waals surface area contributed by atoms with Crippen molar-refractivity contribution in [1.82, 2.24) is 4.98 Å². The van der Waals surface area contributed by atoms with Gasteiger partial charge >= 0.3 is 0 Å². The van der Waals surface area contributed by atoms with Crippen LogP contribution in [0.4, 0.5) is 5.69 Å². The molecular formula is C21H20N2O3. The molecule has 2 N–H and O–H groups in total. The van der Waals surface area contributed by atoms with Gasteiger partial charge in [-0.3, -0.25) is 9.59 Å². The summed E-state index contributed by atoms with van der Waals surface area (Å²) in [5, 5.41) is 3.98. The minimum absolute atomic E-state index is 0.00939. The third-order valence-electron chi connectivity index (χ3n) is 4.87. The van der Waals surface area contributed by atoms with Crippen LogP contribution >= 0.6 is 0 Å². The maximum atomic E-state index is 12.3. The molecule has 0 bridgehead atoms. The van der Waals surface area contributed by atoms with E-state index < -0.39 is 0 Å². The number of aryl methyl sites for hydroxylation is 1. The maximum Gasteiger partial charge on any atom is 0.251 e. The minimum Gasteiger partial charge on any atom is -0.497 e. The number of methoxy groups -OCH3 is 1. The molecule has 1 heterocycles. The molecule has 0 saturated heterocycles. The number of hydrogen-bond donors (Lipinski definition) is 2. The Morgan fingerprint density at radius 1 is 1.15 bits per heavy atom. The Morgan fingerprint density at radius 2 is 2.00 bits per heavy atom. The number of benzene rings is 2. The predicted molar refractivity (Wildman–Crippen MR) is 102 cm³/mol. The average molecular weight is 348 g/mol. The Labute approximate surface area is 151 Å². The van der Waals surface area contributed by atoms with Gasteiger partial charge in [-0.2, -0.15) is 0 Å². The summed E-state index contributed by atoms with van der Waals surface area (Å²) >= 11 is 0. The first-order valence-electron chi connectivity index (χ1n) is 8.74. The highest BCUT2D eigenvalue weighted by Gasteiger charge is 2.18. The van der Waals surface area contributed by atoms with E-state index in [9.17, 15) is 9.59 Å². The van der Waals surface area contributed by atoms with Crippen LogP contribution in [-0.2, 0) is 24.1 Å². The van der Waals surface area contributed by atoms with Crippen molar-refractivity contribution in [1.29, 1.82) is 0 Å². The van der Waals surface area contributed by atoms with E-state index in [0.717, 1.165) is 52.6 Å². The van der Waals surface area contributed by atoms with Gasteiger partial charge in [-0.05, 0) is 54.7 Å². The van der Waals surface area contributed by atoms with Crippen LogP contribution in [0.25, 0.3) is 10.9 Å². The number of carbonyl (C=O) groups excluding carboxylic acids is 1. The van der Waals surface area contributed by atoms with Crippen LogP contribution in [0.15, 0.2) is 47.3 Å². The van der Waals surface area contributed by atoms with Crippen molar-refractivity contribution in [3.05, 3.63) is 69.5 Å². The van der Waals surface area contributed by atoms with Crippen LogP contribution in [0, 0.1) is 0 Å². The van der Waals surface area contributed by atoms with Gasteiger partial charge in [0.2, 0.25) is 5.91 Å². The highest BCUT2D eigenvalue weighted by molar-refractivity contribution is 5.95. The molecule has 3 aromatic rings. The monoisotopic (exact) mass is 348 g/mol. The quantitative estimate of drug-likeness (QED) is 0.760. The van der Waals surface area contributed by atoms with E-state index >= 15 is 0 Å². The molecule has 0 radical (unpaired) electrons. The summed E-state index contributed by atoms with van der Waals surface area (Å²) in [6, 6.07) is 13.2. The minimum atomic E-state index is -0.110. The Bertz CT molecular complexity index is 1050. The second-order valence-electron chi connectivity index (χ2n) is 6.60. The summed E-state index contributed by atoms with van der Waals surface area (Å²) in [4.78, 5) is 27.5. The molecule has 26 heavy (non-hydrogen) atoms. The molecule has 4 rings (SSSR count). The van der Waals surface area contributed by atoms with Crippen molar-refractivity contribution < 1.29 is 9.53 Å². The van der Waals surface area contributed by atoms with Crippen molar-refractivity contribution in [3.8, 4) is 5.75 Å². The topological polar surface area (TPSA) is 71.2 Å². The van der Waals surface area contributed by atoms with Gasteiger partial charge in [0, 0.05) is 16.6 Å². The highest BCUT2D eigenvalue weighted by atomic mass is 16.5. The molecule has 0 atom stereocenters. The standard InChI is InChI=1S/C21H20N2O3/c1-26-15-5-2-4-13(10-15)11-20(24)22-14-8-9-17-16-6-3-7-18(16)21(25)23-19(17)12-14/h2,4-5,8-10,12H,3,6-7,11H2,1H3,(H,22,24)(H,23,25). The van der Waals surface area contributed by atoms with Crippen molar-refractivity contribution in [2.75, 3.05) is 12.4 Å². The van der Waals surface area contributed by atoms with E-state index in [2.05, 4.69) is 10.3 Å². The SMILES string of the molecule is COc1cccc(CC(=O)Nc2ccc3c4c(c(=O)[nH]c3c2)CCC4)c1. The summed E-state index contributed by atoms with van der Waals surface area (Å²) in [6.07, 6.45) is 3.07. The largest absolute Gasteiger partial charge is 0.497 e. The molecular weight excluding hydrogens is 328 g/mol. The Kier molecular flexibility index (Phi) is 4.21. The predicted octanol–water partition coefficient (Wildman–Crippen LogP) is 3.21. The molecule has 0 unspecified atom stereocenters. The van der Waals surface area contributed by atoms with E-state index in [1.807, 2.05) is 42.5 Å². The molecule has 1 aliphatic carbocycles. The number of aromatic amines is 1. The summed E-state index contributed by atoms with van der Waals surface area (Å²) in [6.45, 7) is 0. The molecule has 1 amide bonds. The molecule has 5 heteroatoms. The van der Waals surface area contributed by atoms with E-state index in [4.69, 9.17) is 4.74 Å². The lowest BCUT2D eigenvalue weighted by Gasteiger charge is -2.09. The van der Waals surface area contributed by atoms with Gasteiger partial charge in [-0.1, -0.05) is 18.2 Å². The summed E-state index contributed by atoms with van der Waals surface area (Å²) in [7, 11) is 1.60. The Morgan fingerprint density at radius 3 is 2.85 bits per heavy atom. The van der Waals surface area contributed by atoms with Crippen LogP contribution in [0.2, 0.25) is 0 Å². The zero-order valence-corrected chi connectivity index (χ0v) is 14.6. The Balaban J connectivity index is 1.56. The number of rotatable bonds is 4. The van der Waals surface area contributed by atoms with E-state index in [1.165, 1.54) is 0 Å². The van der Waals surface area contributed by atoms with E-state index in [0.29, 0.717) is 5.69 Å². The molecule has 1 aromatic heterocycles. The number of carbonyl (C=O) groups is 1. The van der Waals surface area contributed by atoms with Crippen molar-refractivity contribution >= 4 is 22.5 Å². The fourth-order valence-corrected chi connectivity index (χ4v) is 3.65. The first-order chi connectivity index (χ1) is 12.6. The van der Waals surface area contributed by atoms with Crippen LogP contribution in [0.5, 0.6) is 5.75 Å². The van der Waals surface area contributed by atoms with Gasteiger partial charge in [0.15, 0.2) is 0 Å². The number of amides is 1. The first-order valence-corrected chi connectivity index (χ1v) is 8.74. The van der Waals surface area contributed by atoms with E-state index in [-0.39, 0.29) is 17.9 Å². The van der Waals surface area contributed by atoms with Gasteiger partial charge in [0.1, 0.15) is 5.75 Å². The molecule has 0 fully saturated rings. The molecule has 0 saturated carbocycles. The van der Waals surface area contributed by atoms with Crippen molar-refractivity contribution in [2.45, 2.75) is 25.7 Å². The number of hydrogen-bond acceptors (Lipinski definition) is 3. The molecule has 132 valence electrons. The molecule has 0 aliphatic heterocycles. The van der Waals surface area contributed by atoms with Gasteiger partial charge in [0.25, 0.3) is 5.56 Å². The van der Waals surface area contributed by atoms with Crippen LogP contribution in [-0.4, -0.2) is 18.0 Å². The number of nitrogens with one attached hydrogen (secondary N) is 2. The molecule has 2 aromatic carbocycles. The second kappa shape index (κ2) is 6.67. The number of fused-ring (bicyclic) bond motifs is 3.